The predicted octanol–water partition coefficient (Wildman–Crippen LogP) is 13.2. The molecule has 0 saturated carbocycles. The number of ether oxygens (including phenoxy) is 4. The molecule has 8 nitrogen and oxygen atoms in total. The number of unbranched alkanes of at least 4 members (excludes halogenated alkanes) is 7. The van der Waals surface area contributed by atoms with Gasteiger partial charge in [0.2, 0.25) is 0 Å². The van der Waals surface area contributed by atoms with Crippen LogP contribution in [0.25, 0.3) is 22.3 Å². The number of phenolic OH excluding ortho intramolecular Hbond substituents is 2. The number of hydrogen-bond acceptors (Lipinski definition) is 10. The van der Waals surface area contributed by atoms with Crippen molar-refractivity contribution in [3.8, 4) is 45.3 Å². The van der Waals surface area contributed by atoms with E-state index in [1.54, 1.807) is 24.3 Å². The van der Waals surface area contributed by atoms with E-state index in [4.69, 9.17) is 43.4 Å². The van der Waals surface area contributed by atoms with Crippen LogP contribution in [0.5, 0.6) is 23.0 Å². The Labute approximate surface area is 399 Å². The zero-order valence-electron chi connectivity index (χ0n) is 37.3. The Bertz CT molecular complexity index is 2300. The first-order valence-corrected chi connectivity index (χ1v) is 23.7. The average Bonchev–Trinajstić information content (AvgIpc) is 3.35. The van der Waals surface area contributed by atoms with Crippen LogP contribution in [0.4, 0.5) is 0 Å². The molecule has 6 aromatic carbocycles. The van der Waals surface area contributed by atoms with Gasteiger partial charge in [0.1, 0.15) is 23.0 Å². The van der Waals surface area contributed by atoms with Crippen molar-refractivity contribution in [1.29, 1.82) is 0 Å². The van der Waals surface area contributed by atoms with E-state index in [-0.39, 0.29) is 23.4 Å². The maximum Gasteiger partial charge on any atom is 0.305 e. The molecule has 0 fully saturated rings. The summed E-state index contributed by atoms with van der Waals surface area (Å²) in [6, 6.07) is 46.7. The summed E-state index contributed by atoms with van der Waals surface area (Å²) in [5.41, 5.74) is 7.35. The zero-order chi connectivity index (χ0) is 46.4. The predicted molar refractivity (Wildman–Crippen MR) is 270 cm³/mol. The van der Waals surface area contributed by atoms with Gasteiger partial charge in [-0.05, 0) is 122 Å². The van der Waals surface area contributed by atoms with Crippen LogP contribution in [0.3, 0.4) is 0 Å². The second-order valence-corrected chi connectivity index (χ2v) is 16.9. The topological polar surface area (TPSA) is 112 Å². The normalized spacial score (nSPS) is 10.8. The highest BCUT2D eigenvalue weighted by Gasteiger charge is 2.14. The van der Waals surface area contributed by atoms with Crippen LogP contribution in [-0.2, 0) is 19.1 Å². The lowest BCUT2D eigenvalue weighted by atomic mass is 9.99. The van der Waals surface area contributed by atoms with Gasteiger partial charge in [0.15, 0.2) is 0 Å². The van der Waals surface area contributed by atoms with Crippen LogP contribution in [-0.4, -0.2) is 58.3 Å². The summed E-state index contributed by atoms with van der Waals surface area (Å²) in [7, 11) is 0. The molecule has 66 heavy (non-hydrogen) atoms. The minimum atomic E-state index is -0.196. The second kappa shape index (κ2) is 26.6. The molecule has 0 aliphatic carbocycles. The smallest absolute Gasteiger partial charge is 0.305 e. The largest absolute Gasteiger partial charge is 0.507 e. The van der Waals surface area contributed by atoms with E-state index in [0.29, 0.717) is 84.5 Å². The zero-order valence-corrected chi connectivity index (χ0v) is 39.0. The van der Waals surface area contributed by atoms with Gasteiger partial charge in [0, 0.05) is 36.1 Å². The molecule has 0 aliphatic rings. The summed E-state index contributed by atoms with van der Waals surface area (Å²) in [4.78, 5) is 25.5. The van der Waals surface area contributed by atoms with Crippen molar-refractivity contribution in [3.63, 3.8) is 0 Å². The SMILES string of the molecule is O=C(CCCCCOc1ccc(C(=S)c2ccc(-c3ccccc3)cc2)c(O)c1)OCCCCCCOC(=O)CCCCCOc1ccc(C(=S)c2ccc(-c3ccccc3)cc2)c(O)c1. The molecule has 342 valence electrons. The van der Waals surface area contributed by atoms with E-state index in [2.05, 4.69) is 24.3 Å². The van der Waals surface area contributed by atoms with Crippen LogP contribution in [0.1, 0.15) is 99.3 Å². The highest BCUT2D eigenvalue weighted by Crippen LogP contribution is 2.30. The Hall–Kier alpha value is -6.36. The summed E-state index contributed by atoms with van der Waals surface area (Å²) in [6.45, 7) is 1.72. The third-order valence-electron chi connectivity index (χ3n) is 11.1. The summed E-state index contributed by atoms with van der Waals surface area (Å²) >= 11 is 11.4. The molecule has 0 saturated heterocycles. The monoisotopic (exact) mass is 922 g/mol. The average molecular weight is 923 g/mol. The van der Waals surface area contributed by atoms with Crippen molar-refractivity contribution in [1.82, 2.24) is 0 Å². The fourth-order valence-electron chi connectivity index (χ4n) is 7.34. The Morgan fingerprint density at radius 3 is 1.12 bits per heavy atom. The molecule has 0 spiro atoms. The molecule has 0 radical (unpaired) electrons. The lowest BCUT2D eigenvalue weighted by Gasteiger charge is -2.11. The standard InChI is InChI=1S/C56H58O8S2/c57-51-39-47(31-33-49(51)55(65)45-27-23-43(24-28-45)41-17-7-3-8-18-41)61-35-15-5-11-21-53(59)63-37-13-1-2-14-38-64-54(60)22-12-6-16-36-62-48-32-34-50(52(58)40-48)56(66)46-29-25-44(26-30-46)42-19-9-4-10-20-42/h3-4,7-10,17-20,23-34,39-40,57-58H,1-2,5-6,11-16,21-22,35-38H2. The molecule has 0 aliphatic heterocycles. The number of rotatable bonds is 27. The lowest BCUT2D eigenvalue weighted by molar-refractivity contribution is -0.145. The molecule has 10 heteroatoms. The van der Waals surface area contributed by atoms with E-state index in [1.807, 2.05) is 97.1 Å². The van der Waals surface area contributed by atoms with Gasteiger partial charge in [-0.3, -0.25) is 9.59 Å². The van der Waals surface area contributed by atoms with Gasteiger partial charge in [0.05, 0.1) is 36.2 Å². The Kier molecular flexibility index (Phi) is 19.8. The van der Waals surface area contributed by atoms with Gasteiger partial charge >= 0.3 is 11.9 Å². The number of phenols is 2. The van der Waals surface area contributed by atoms with Crippen molar-refractivity contribution < 1.29 is 38.7 Å². The molecule has 2 N–H and O–H groups in total. The molecule has 0 atom stereocenters. The van der Waals surface area contributed by atoms with Crippen LogP contribution in [0.15, 0.2) is 146 Å². The number of carbonyl (C=O) groups excluding carboxylic acids is 2. The number of hydrogen-bond donors (Lipinski definition) is 2. The van der Waals surface area contributed by atoms with E-state index in [0.717, 1.165) is 84.7 Å². The molecule has 6 rings (SSSR count). The number of esters is 2. The van der Waals surface area contributed by atoms with E-state index in [1.165, 1.54) is 0 Å². The third-order valence-corrected chi connectivity index (χ3v) is 12.0. The number of aromatic hydroxyl groups is 2. The molecule has 0 bridgehead atoms. The molecular weight excluding hydrogens is 865 g/mol. The molecular formula is C56H58O8S2. The highest BCUT2D eigenvalue weighted by atomic mass is 32.1. The van der Waals surface area contributed by atoms with Crippen LogP contribution < -0.4 is 9.47 Å². The van der Waals surface area contributed by atoms with Crippen LogP contribution >= 0.6 is 24.4 Å². The Balaban J connectivity index is 0.721. The second-order valence-electron chi connectivity index (χ2n) is 16.1. The molecule has 0 amide bonds. The van der Waals surface area contributed by atoms with E-state index in [9.17, 15) is 19.8 Å². The first-order valence-electron chi connectivity index (χ1n) is 22.9. The molecule has 6 aromatic rings. The molecule has 0 unspecified atom stereocenters. The summed E-state index contributed by atoms with van der Waals surface area (Å²) in [5.74, 6) is 0.888. The van der Waals surface area contributed by atoms with Crippen molar-refractivity contribution in [2.24, 2.45) is 0 Å². The van der Waals surface area contributed by atoms with Gasteiger partial charge in [-0.15, -0.1) is 0 Å². The van der Waals surface area contributed by atoms with Crippen molar-refractivity contribution in [2.75, 3.05) is 26.4 Å². The fourth-order valence-corrected chi connectivity index (χ4v) is 7.95. The van der Waals surface area contributed by atoms with Crippen molar-refractivity contribution in [3.05, 3.63) is 168 Å². The van der Waals surface area contributed by atoms with Crippen molar-refractivity contribution >= 4 is 46.1 Å². The van der Waals surface area contributed by atoms with Gasteiger partial charge in [0.25, 0.3) is 0 Å². The lowest BCUT2D eigenvalue weighted by Crippen LogP contribution is -2.07. The van der Waals surface area contributed by atoms with Crippen LogP contribution in [0.2, 0.25) is 0 Å². The van der Waals surface area contributed by atoms with Crippen LogP contribution in [0, 0.1) is 0 Å². The summed E-state index contributed by atoms with van der Waals surface area (Å²) in [6.07, 6.45) is 8.67. The maximum absolute atomic E-state index is 12.2. The highest BCUT2D eigenvalue weighted by molar-refractivity contribution is 7.81. The number of benzene rings is 6. The Morgan fingerprint density at radius 1 is 0.394 bits per heavy atom. The molecule has 0 heterocycles. The van der Waals surface area contributed by atoms with Gasteiger partial charge in [-0.2, -0.15) is 0 Å². The van der Waals surface area contributed by atoms with Gasteiger partial charge < -0.3 is 29.2 Å². The summed E-state index contributed by atoms with van der Waals surface area (Å²) < 4.78 is 22.5. The van der Waals surface area contributed by atoms with Crippen molar-refractivity contribution in [2.45, 2.75) is 77.0 Å². The first kappa shape index (κ1) is 49.1. The van der Waals surface area contributed by atoms with Gasteiger partial charge in [-0.25, -0.2) is 0 Å². The van der Waals surface area contributed by atoms with E-state index < -0.39 is 0 Å². The molecule has 0 aromatic heterocycles. The maximum atomic E-state index is 12.2. The summed E-state index contributed by atoms with van der Waals surface area (Å²) in [5, 5.41) is 21.4. The minimum absolute atomic E-state index is 0.0736. The third kappa shape index (κ3) is 15.7. The number of thiocarbonyl (C=S) groups is 2. The Morgan fingerprint density at radius 2 is 0.742 bits per heavy atom. The number of carbonyl (C=O) groups is 2. The quantitative estimate of drug-likeness (QED) is 0.0224. The minimum Gasteiger partial charge on any atom is -0.507 e. The first-order chi connectivity index (χ1) is 32.2. The van der Waals surface area contributed by atoms with Gasteiger partial charge in [-0.1, -0.05) is 134 Å². The van der Waals surface area contributed by atoms with E-state index >= 15 is 0 Å². The fraction of sp³-hybridized carbons (Fsp3) is 0.286.